The fourth-order valence-corrected chi connectivity index (χ4v) is 1.25. The summed E-state index contributed by atoms with van der Waals surface area (Å²) in [6.07, 6.45) is 5.66. The molecule has 2 aromatic heterocycles. The van der Waals surface area contributed by atoms with Gasteiger partial charge in [0.2, 0.25) is 0 Å². The topological polar surface area (TPSA) is 84.1 Å². The van der Waals surface area contributed by atoms with E-state index < -0.39 is 7.12 Å². The second-order valence-electron chi connectivity index (χ2n) is 2.76. The second kappa shape index (κ2) is 3.97. The van der Waals surface area contributed by atoms with Crippen LogP contribution in [0.25, 0.3) is 5.82 Å². The van der Waals surface area contributed by atoms with Crippen LogP contribution in [0.3, 0.4) is 0 Å². The Labute approximate surface area is 90.3 Å². The van der Waals surface area contributed by atoms with Crippen molar-refractivity contribution in [2.45, 2.75) is 0 Å². The first-order valence-electron chi connectivity index (χ1n) is 4.06. The molecular weight excluding hydrogens is 218 g/mol. The monoisotopic (exact) mass is 224 g/mol. The third-order valence-corrected chi connectivity index (χ3v) is 2.02. The molecule has 0 radical (unpaired) electrons. The number of aromatic nitrogens is 4. The molecule has 8 heteroatoms. The third kappa shape index (κ3) is 1.99. The summed E-state index contributed by atoms with van der Waals surface area (Å²) in [6.45, 7) is 0. The molecule has 76 valence electrons. The molecule has 0 spiro atoms. The van der Waals surface area contributed by atoms with Crippen molar-refractivity contribution in [3.05, 3.63) is 29.9 Å². The number of nitrogens with zero attached hydrogens (tertiary/aromatic N) is 4. The van der Waals surface area contributed by atoms with E-state index in [2.05, 4.69) is 15.1 Å². The predicted octanol–water partition coefficient (Wildman–Crippen LogP) is -1.00. The summed E-state index contributed by atoms with van der Waals surface area (Å²) in [5, 5.41) is 21.8. The molecule has 0 aliphatic carbocycles. The lowest BCUT2D eigenvalue weighted by Gasteiger charge is -2.00. The summed E-state index contributed by atoms with van der Waals surface area (Å²) in [5.74, 6) is 0.339. The van der Waals surface area contributed by atoms with Gasteiger partial charge in [0.25, 0.3) is 0 Å². The van der Waals surface area contributed by atoms with Gasteiger partial charge in [-0.15, -0.1) is 0 Å². The Balaban J connectivity index is 2.42. The molecule has 0 fully saturated rings. The SMILES string of the molecule is OB(O)c1cnn(-c2nccnc2Cl)c1. The molecule has 6 nitrogen and oxygen atoms in total. The minimum Gasteiger partial charge on any atom is -0.423 e. The number of hydrogen-bond acceptors (Lipinski definition) is 5. The average Bonchev–Trinajstić information content (AvgIpc) is 2.67. The lowest BCUT2D eigenvalue weighted by atomic mass is 9.83. The maximum atomic E-state index is 8.89. The van der Waals surface area contributed by atoms with E-state index in [1.807, 2.05) is 0 Å². The summed E-state index contributed by atoms with van der Waals surface area (Å²) >= 11 is 5.79. The van der Waals surface area contributed by atoms with Gasteiger partial charge in [0.15, 0.2) is 11.0 Å². The Hall–Kier alpha value is -1.44. The Kier molecular flexibility index (Phi) is 2.67. The van der Waals surface area contributed by atoms with E-state index in [0.29, 0.717) is 5.82 Å². The van der Waals surface area contributed by atoms with Crippen LogP contribution in [0.15, 0.2) is 24.8 Å². The molecule has 0 saturated heterocycles. The van der Waals surface area contributed by atoms with Gasteiger partial charge >= 0.3 is 7.12 Å². The van der Waals surface area contributed by atoms with E-state index in [9.17, 15) is 0 Å². The highest BCUT2D eigenvalue weighted by Gasteiger charge is 2.15. The maximum Gasteiger partial charge on any atom is 0.491 e. The van der Waals surface area contributed by atoms with Crippen molar-refractivity contribution in [3.8, 4) is 5.82 Å². The molecule has 0 saturated carbocycles. The Morgan fingerprint density at radius 2 is 2.00 bits per heavy atom. The predicted molar refractivity (Wildman–Crippen MR) is 54.0 cm³/mol. The quantitative estimate of drug-likeness (QED) is 0.639. The van der Waals surface area contributed by atoms with E-state index in [1.54, 1.807) is 0 Å². The van der Waals surface area contributed by atoms with Crippen LogP contribution in [0.2, 0.25) is 5.15 Å². The van der Waals surface area contributed by atoms with E-state index in [-0.39, 0.29) is 10.6 Å². The average molecular weight is 224 g/mol. The van der Waals surface area contributed by atoms with Gasteiger partial charge in [-0.1, -0.05) is 11.6 Å². The molecule has 2 N–H and O–H groups in total. The summed E-state index contributed by atoms with van der Waals surface area (Å²) in [6, 6.07) is 0. The van der Waals surface area contributed by atoms with Crippen molar-refractivity contribution >= 4 is 24.2 Å². The highest BCUT2D eigenvalue weighted by atomic mass is 35.5. The van der Waals surface area contributed by atoms with Gasteiger partial charge in [0.05, 0.1) is 0 Å². The van der Waals surface area contributed by atoms with Gasteiger partial charge in [-0.25, -0.2) is 14.6 Å². The molecule has 0 bridgehead atoms. The van der Waals surface area contributed by atoms with Crippen LogP contribution in [0.4, 0.5) is 0 Å². The summed E-state index contributed by atoms with van der Waals surface area (Å²) in [7, 11) is -1.56. The van der Waals surface area contributed by atoms with E-state index in [0.717, 1.165) is 0 Å². The van der Waals surface area contributed by atoms with Crippen LogP contribution >= 0.6 is 11.6 Å². The summed E-state index contributed by atoms with van der Waals surface area (Å²) in [4.78, 5) is 7.79. The molecule has 0 aliphatic rings. The Morgan fingerprint density at radius 3 is 2.60 bits per heavy atom. The fraction of sp³-hybridized carbons (Fsp3) is 0. The van der Waals surface area contributed by atoms with Gasteiger partial charge < -0.3 is 10.0 Å². The molecule has 0 atom stereocenters. The number of rotatable bonds is 2. The van der Waals surface area contributed by atoms with Crippen LogP contribution in [0.5, 0.6) is 0 Å². The van der Waals surface area contributed by atoms with E-state index >= 15 is 0 Å². The molecule has 2 heterocycles. The molecule has 0 aromatic carbocycles. The molecule has 0 unspecified atom stereocenters. The normalized spacial score (nSPS) is 10.3. The zero-order valence-corrected chi connectivity index (χ0v) is 8.20. The fourth-order valence-electron chi connectivity index (χ4n) is 1.05. The van der Waals surface area contributed by atoms with Crippen molar-refractivity contribution < 1.29 is 10.0 Å². The van der Waals surface area contributed by atoms with Crippen molar-refractivity contribution in [1.29, 1.82) is 0 Å². The van der Waals surface area contributed by atoms with Crippen LogP contribution < -0.4 is 5.46 Å². The summed E-state index contributed by atoms with van der Waals surface area (Å²) in [5.41, 5.74) is 0.261. The second-order valence-corrected chi connectivity index (χ2v) is 3.12. The minimum absolute atomic E-state index is 0.194. The van der Waals surface area contributed by atoms with Gasteiger partial charge in [0.1, 0.15) is 0 Å². The molecule has 2 rings (SSSR count). The van der Waals surface area contributed by atoms with Gasteiger partial charge in [-0.2, -0.15) is 5.10 Å². The maximum absolute atomic E-state index is 8.89. The highest BCUT2D eigenvalue weighted by molar-refractivity contribution is 6.58. The standard InChI is InChI=1S/C7H6BClN4O2/c9-6-7(11-2-1-10-6)13-4-5(3-12-13)8(14)15/h1-4,14-15H. The smallest absolute Gasteiger partial charge is 0.423 e. The van der Waals surface area contributed by atoms with Crippen LogP contribution in [0, 0.1) is 0 Å². The number of hydrogen-bond donors (Lipinski definition) is 2. The largest absolute Gasteiger partial charge is 0.491 e. The van der Waals surface area contributed by atoms with Crippen LogP contribution in [-0.4, -0.2) is 36.9 Å². The van der Waals surface area contributed by atoms with Crippen molar-refractivity contribution in [2.75, 3.05) is 0 Å². The molecule has 0 amide bonds. The minimum atomic E-state index is -1.56. The molecule has 0 aliphatic heterocycles. The van der Waals surface area contributed by atoms with Crippen molar-refractivity contribution in [1.82, 2.24) is 19.7 Å². The van der Waals surface area contributed by atoms with E-state index in [1.165, 1.54) is 29.5 Å². The highest BCUT2D eigenvalue weighted by Crippen LogP contribution is 2.11. The Morgan fingerprint density at radius 1 is 1.27 bits per heavy atom. The lowest BCUT2D eigenvalue weighted by molar-refractivity contribution is 0.426. The van der Waals surface area contributed by atoms with Gasteiger partial charge in [-0.3, -0.25) is 0 Å². The molecular formula is C7H6BClN4O2. The van der Waals surface area contributed by atoms with Gasteiger partial charge in [-0.05, 0) is 0 Å². The number of halogens is 1. The summed E-state index contributed by atoms with van der Waals surface area (Å²) < 4.78 is 1.32. The van der Waals surface area contributed by atoms with E-state index in [4.69, 9.17) is 21.6 Å². The third-order valence-electron chi connectivity index (χ3n) is 1.75. The van der Waals surface area contributed by atoms with Crippen LogP contribution in [0.1, 0.15) is 0 Å². The van der Waals surface area contributed by atoms with Crippen LogP contribution in [-0.2, 0) is 0 Å². The first-order valence-corrected chi connectivity index (χ1v) is 4.44. The zero-order chi connectivity index (χ0) is 10.8. The molecule has 2 aromatic rings. The Bertz CT molecular complexity index is 476. The first-order chi connectivity index (χ1) is 7.18. The van der Waals surface area contributed by atoms with Crippen molar-refractivity contribution in [2.24, 2.45) is 0 Å². The zero-order valence-electron chi connectivity index (χ0n) is 7.45. The lowest BCUT2D eigenvalue weighted by Crippen LogP contribution is -2.28. The van der Waals surface area contributed by atoms with Crippen molar-refractivity contribution in [3.63, 3.8) is 0 Å². The first kappa shape index (κ1) is 10.1. The molecule has 15 heavy (non-hydrogen) atoms. The van der Waals surface area contributed by atoms with Gasteiger partial charge in [0, 0.05) is 30.3 Å².